The molecule has 94 valence electrons. The number of nitrogens with one attached hydrogen (secondary N) is 1. The van der Waals surface area contributed by atoms with E-state index in [2.05, 4.69) is 17.2 Å². The molecule has 1 saturated heterocycles. The Bertz CT molecular complexity index is 372. The van der Waals surface area contributed by atoms with Crippen molar-refractivity contribution in [1.29, 1.82) is 0 Å². The average molecular weight is 255 g/mol. The molecule has 0 aromatic carbocycles. The van der Waals surface area contributed by atoms with Gasteiger partial charge in [-0.05, 0) is 38.4 Å². The molecule has 0 amide bonds. The minimum absolute atomic E-state index is 0.327. The van der Waals surface area contributed by atoms with E-state index >= 15 is 0 Å². The lowest BCUT2D eigenvalue weighted by Crippen LogP contribution is -2.38. The van der Waals surface area contributed by atoms with Crippen LogP contribution in [0, 0.1) is 5.92 Å². The van der Waals surface area contributed by atoms with Crippen molar-refractivity contribution < 1.29 is 4.74 Å². The average Bonchev–Trinajstić information content (AvgIpc) is 2.75. The highest BCUT2D eigenvalue weighted by Gasteiger charge is 2.31. The minimum atomic E-state index is 0.327. The monoisotopic (exact) mass is 254 g/mol. The number of ether oxygens (including phenoxy) is 1. The van der Waals surface area contributed by atoms with E-state index in [1.54, 1.807) is 12.4 Å². The van der Waals surface area contributed by atoms with E-state index in [-0.39, 0.29) is 0 Å². The Morgan fingerprint density at radius 3 is 3.06 bits per heavy atom. The zero-order valence-corrected chi connectivity index (χ0v) is 11.1. The second kappa shape index (κ2) is 5.80. The lowest BCUT2D eigenvalue weighted by molar-refractivity contribution is 0.0963. The van der Waals surface area contributed by atoms with Gasteiger partial charge in [-0.3, -0.25) is 4.98 Å². The summed E-state index contributed by atoms with van der Waals surface area (Å²) in [4.78, 5) is 4.01. The summed E-state index contributed by atoms with van der Waals surface area (Å²) in [6.07, 6.45) is 5.87. The SMILES string of the molecule is CNC(Cc1ccncc1Cl)C1CCOC1C. The molecule has 0 saturated carbocycles. The van der Waals surface area contributed by atoms with Crippen LogP contribution in [0.5, 0.6) is 0 Å². The van der Waals surface area contributed by atoms with Gasteiger partial charge in [-0.15, -0.1) is 0 Å². The first-order chi connectivity index (χ1) is 8.22. The van der Waals surface area contributed by atoms with E-state index in [0.29, 0.717) is 18.1 Å². The fraction of sp³-hybridized carbons (Fsp3) is 0.615. The highest BCUT2D eigenvalue weighted by molar-refractivity contribution is 6.31. The van der Waals surface area contributed by atoms with E-state index in [1.807, 2.05) is 13.1 Å². The van der Waals surface area contributed by atoms with Crippen LogP contribution in [0.15, 0.2) is 18.5 Å². The molecule has 1 aliphatic rings. The molecule has 0 bridgehead atoms. The summed E-state index contributed by atoms with van der Waals surface area (Å²) in [6.45, 7) is 3.02. The van der Waals surface area contributed by atoms with Crippen molar-refractivity contribution in [2.24, 2.45) is 5.92 Å². The minimum Gasteiger partial charge on any atom is -0.378 e. The van der Waals surface area contributed by atoms with Crippen molar-refractivity contribution in [2.45, 2.75) is 31.9 Å². The molecule has 3 unspecified atom stereocenters. The molecule has 3 nitrogen and oxygen atoms in total. The maximum atomic E-state index is 6.15. The van der Waals surface area contributed by atoms with Gasteiger partial charge >= 0.3 is 0 Å². The van der Waals surface area contributed by atoms with Gasteiger partial charge < -0.3 is 10.1 Å². The first-order valence-electron chi connectivity index (χ1n) is 6.09. The Balaban J connectivity index is 2.07. The van der Waals surface area contributed by atoms with Gasteiger partial charge in [-0.1, -0.05) is 11.6 Å². The van der Waals surface area contributed by atoms with Crippen molar-refractivity contribution in [3.63, 3.8) is 0 Å². The second-order valence-corrected chi connectivity index (χ2v) is 5.00. The molecule has 0 radical (unpaired) electrons. The molecular weight excluding hydrogens is 236 g/mol. The van der Waals surface area contributed by atoms with Gasteiger partial charge in [0.05, 0.1) is 11.1 Å². The first-order valence-corrected chi connectivity index (χ1v) is 6.47. The lowest BCUT2D eigenvalue weighted by atomic mass is 9.89. The van der Waals surface area contributed by atoms with E-state index in [4.69, 9.17) is 16.3 Å². The summed E-state index contributed by atoms with van der Waals surface area (Å²) in [7, 11) is 2.00. The molecule has 1 aliphatic heterocycles. The van der Waals surface area contributed by atoms with Crippen LogP contribution in [0.2, 0.25) is 5.02 Å². The van der Waals surface area contributed by atoms with Crippen LogP contribution in [0.4, 0.5) is 0 Å². The summed E-state index contributed by atoms with van der Waals surface area (Å²) in [5, 5.41) is 4.14. The summed E-state index contributed by atoms with van der Waals surface area (Å²) < 4.78 is 5.63. The van der Waals surface area contributed by atoms with Crippen LogP contribution in [0.25, 0.3) is 0 Å². The normalized spacial score (nSPS) is 26.1. The molecule has 2 heterocycles. The van der Waals surface area contributed by atoms with Crippen LogP contribution < -0.4 is 5.32 Å². The number of hydrogen-bond acceptors (Lipinski definition) is 3. The Hall–Kier alpha value is -0.640. The quantitative estimate of drug-likeness (QED) is 0.895. The number of rotatable bonds is 4. The number of aromatic nitrogens is 1. The van der Waals surface area contributed by atoms with Gasteiger partial charge in [0.1, 0.15) is 0 Å². The van der Waals surface area contributed by atoms with E-state index < -0.39 is 0 Å². The van der Waals surface area contributed by atoms with Crippen LogP contribution in [0.3, 0.4) is 0 Å². The van der Waals surface area contributed by atoms with Gasteiger partial charge in [0.15, 0.2) is 0 Å². The Kier molecular flexibility index (Phi) is 4.37. The summed E-state index contributed by atoms with van der Waals surface area (Å²) >= 11 is 6.15. The number of halogens is 1. The van der Waals surface area contributed by atoms with Crippen LogP contribution in [-0.2, 0) is 11.2 Å². The van der Waals surface area contributed by atoms with Crippen LogP contribution >= 0.6 is 11.6 Å². The van der Waals surface area contributed by atoms with Crippen molar-refractivity contribution in [1.82, 2.24) is 10.3 Å². The van der Waals surface area contributed by atoms with Crippen LogP contribution in [-0.4, -0.2) is 30.8 Å². The number of likely N-dealkylation sites (N-methyl/N-ethyl adjacent to an activating group) is 1. The molecule has 1 aromatic heterocycles. The largest absolute Gasteiger partial charge is 0.378 e. The van der Waals surface area contributed by atoms with E-state index in [9.17, 15) is 0 Å². The second-order valence-electron chi connectivity index (χ2n) is 4.59. The molecule has 1 aromatic rings. The summed E-state index contributed by atoms with van der Waals surface area (Å²) in [6, 6.07) is 2.40. The Morgan fingerprint density at radius 1 is 1.65 bits per heavy atom. The molecule has 1 fully saturated rings. The Morgan fingerprint density at radius 2 is 2.47 bits per heavy atom. The zero-order chi connectivity index (χ0) is 12.3. The molecule has 2 rings (SSSR count). The topological polar surface area (TPSA) is 34.2 Å². The van der Waals surface area contributed by atoms with Crippen LogP contribution in [0.1, 0.15) is 18.9 Å². The predicted molar refractivity (Wildman–Crippen MR) is 69.3 cm³/mol. The third-order valence-electron chi connectivity index (χ3n) is 3.62. The maximum Gasteiger partial charge on any atom is 0.0621 e. The predicted octanol–water partition coefficient (Wildman–Crippen LogP) is 2.29. The van der Waals surface area contributed by atoms with E-state index in [1.165, 1.54) is 0 Å². The molecule has 1 N–H and O–H groups in total. The third kappa shape index (κ3) is 2.97. The maximum absolute atomic E-state index is 6.15. The summed E-state index contributed by atoms with van der Waals surface area (Å²) in [5.74, 6) is 0.559. The van der Waals surface area contributed by atoms with Gasteiger partial charge in [0, 0.05) is 31.0 Å². The van der Waals surface area contributed by atoms with Crippen molar-refractivity contribution in [3.8, 4) is 0 Å². The fourth-order valence-corrected chi connectivity index (χ4v) is 2.75. The van der Waals surface area contributed by atoms with Crippen molar-refractivity contribution in [2.75, 3.05) is 13.7 Å². The van der Waals surface area contributed by atoms with Gasteiger partial charge in [0.25, 0.3) is 0 Å². The molecular formula is C13H19ClN2O. The molecule has 0 aliphatic carbocycles. The molecule has 4 heteroatoms. The molecule has 17 heavy (non-hydrogen) atoms. The summed E-state index contributed by atoms with van der Waals surface area (Å²) in [5.41, 5.74) is 1.15. The molecule has 0 spiro atoms. The molecule has 3 atom stereocenters. The van der Waals surface area contributed by atoms with Gasteiger partial charge in [-0.25, -0.2) is 0 Å². The highest BCUT2D eigenvalue weighted by atomic mass is 35.5. The Labute approximate surface area is 108 Å². The first kappa shape index (κ1) is 12.8. The number of hydrogen-bond donors (Lipinski definition) is 1. The highest BCUT2D eigenvalue weighted by Crippen LogP contribution is 2.27. The standard InChI is InChI=1S/C13H19ClN2O/c1-9-11(4-6-17-9)13(15-2)7-10-3-5-16-8-12(10)14/h3,5,8-9,11,13,15H,4,6-7H2,1-2H3. The van der Waals surface area contributed by atoms with E-state index in [0.717, 1.165) is 30.0 Å². The number of nitrogens with zero attached hydrogens (tertiary/aromatic N) is 1. The van der Waals surface area contributed by atoms with Crippen molar-refractivity contribution in [3.05, 3.63) is 29.0 Å². The fourth-order valence-electron chi connectivity index (χ4n) is 2.55. The smallest absolute Gasteiger partial charge is 0.0621 e. The van der Waals surface area contributed by atoms with Gasteiger partial charge in [0.2, 0.25) is 0 Å². The third-order valence-corrected chi connectivity index (χ3v) is 3.96. The number of pyridine rings is 1. The zero-order valence-electron chi connectivity index (χ0n) is 10.3. The lowest BCUT2D eigenvalue weighted by Gasteiger charge is -2.25. The van der Waals surface area contributed by atoms with Gasteiger partial charge in [-0.2, -0.15) is 0 Å². The van der Waals surface area contributed by atoms with Crippen molar-refractivity contribution >= 4 is 11.6 Å².